The van der Waals surface area contributed by atoms with Crippen molar-refractivity contribution in [1.29, 1.82) is 0 Å². The Morgan fingerprint density at radius 3 is 2.77 bits per heavy atom. The predicted molar refractivity (Wildman–Crippen MR) is 116 cm³/mol. The van der Waals surface area contributed by atoms with Crippen molar-refractivity contribution in [2.75, 3.05) is 7.11 Å². The minimum absolute atomic E-state index is 0.0612. The number of carbonyl (C=O) groups is 1. The van der Waals surface area contributed by atoms with Crippen LogP contribution >= 0.6 is 11.6 Å². The number of nitrogens with zero attached hydrogens (tertiary/aromatic N) is 2. The largest absolute Gasteiger partial charge is 0.465 e. The maximum atomic E-state index is 13.7. The van der Waals surface area contributed by atoms with Gasteiger partial charge in [-0.2, -0.15) is 0 Å². The molecule has 0 unspecified atom stereocenters. The van der Waals surface area contributed by atoms with Gasteiger partial charge in [0.1, 0.15) is 11.3 Å². The predicted octanol–water partition coefficient (Wildman–Crippen LogP) is 3.12. The topological polar surface area (TPSA) is 96.4 Å². The van der Waals surface area contributed by atoms with Gasteiger partial charge in [-0.15, -0.1) is 0 Å². The molecule has 0 saturated heterocycles. The van der Waals surface area contributed by atoms with Crippen LogP contribution < -0.4 is 16.0 Å². The second kappa shape index (κ2) is 8.28. The van der Waals surface area contributed by atoms with E-state index in [1.165, 1.54) is 7.11 Å². The first-order valence-corrected chi connectivity index (χ1v) is 9.93. The highest BCUT2D eigenvalue weighted by molar-refractivity contribution is 6.30. The molecule has 3 aromatic rings. The van der Waals surface area contributed by atoms with E-state index in [1.807, 2.05) is 19.1 Å². The highest BCUT2D eigenvalue weighted by Crippen LogP contribution is 2.41. The van der Waals surface area contributed by atoms with Crippen molar-refractivity contribution < 1.29 is 14.3 Å². The van der Waals surface area contributed by atoms with E-state index in [0.29, 0.717) is 34.1 Å². The molecule has 7 nitrogen and oxygen atoms in total. The number of carbonyl (C=O) groups excluding carboxylic acids is 1. The molecule has 1 atom stereocenters. The van der Waals surface area contributed by atoms with Gasteiger partial charge in [-0.1, -0.05) is 29.8 Å². The first-order chi connectivity index (χ1) is 14.9. The smallest absolute Gasteiger partial charge is 0.340 e. The average Bonchev–Trinajstić information content (AvgIpc) is 2.76. The van der Waals surface area contributed by atoms with Crippen molar-refractivity contribution in [1.82, 2.24) is 9.55 Å². The zero-order valence-corrected chi connectivity index (χ0v) is 17.7. The number of fused-ring (bicyclic) bond motifs is 1. The monoisotopic (exact) mass is 437 g/mol. The lowest BCUT2D eigenvalue weighted by molar-refractivity contribution is -0.136. The highest BCUT2D eigenvalue weighted by Gasteiger charge is 2.38. The second-order valence-electron chi connectivity index (χ2n) is 7.18. The molecule has 2 N–H and O–H groups in total. The van der Waals surface area contributed by atoms with Crippen molar-refractivity contribution in [3.63, 3.8) is 0 Å². The molecular weight excluding hydrogens is 418 g/mol. The number of benzene rings is 1. The van der Waals surface area contributed by atoms with Gasteiger partial charge >= 0.3 is 5.97 Å². The molecule has 0 spiro atoms. The number of halogens is 1. The summed E-state index contributed by atoms with van der Waals surface area (Å²) in [6.45, 7) is 2.13. The van der Waals surface area contributed by atoms with E-state index in [1.54, 1.807) is 47.3 Å². The summed E-state index contributed by atoms with van der Waals surface area (Å²) in [5.74, 6) is -1.26. The van der Waals surface area contributed by atoms with Crippen LogP contribution in [0.1, 0.15) is 28.3 Å². The maximum Gasteiger partial charge on any atom is 0.340 e. The highest BCUT2D eigenvalue weighted by atomic mass is 35.5. The molecular formula is C23H20ClN3O4. The third kappa shape index (κ3) is 3.80. The van der Waals surface area contributed by atoms with E-state index in [4.69, 9.17) is 26.8 Å². The fourth-order valence-corrected chi connectivity index (χ4v) is 3.98. The molecule has 3 heterocycles. The zero-order chi connectivity index (χ0) is 22.1. The number of aromatic nitrogens is 2. The SMILES string of the molecule is COC(=O)C1=C(N)Oc2cc(C)n(Cc3cccnc3)c(=O)c2[C@H]1c1cccc(Cl)c1. The van der Waals surface area contributed by atoms with E-state index in [-0.39, 0.29) is 17.0 Å². The quantitative estimate of drug-likeness (QED) is 0.630. The summed E-state index contributed by atoms with van der Waals surface area (Å²) in [6.07, 6.45) is 3.37. The van der Waals surface area contributed by atoms with Gasteiger partial charge in [-0.3, -0.25) is 9.78 Å². The minimum Gasteiger partial charge on any atom is -0.465 e. The standard InChI is InChI=1S/C23H20ClN3O4/c1-13-9-17-19(22(28)27(13)12-14-5-4-8-26-11-14)18(15-6-3-7-16(24)10-15)20(21(25)31-17)23(29)30-2/h3-11,18H,12,25H2,1-2H3/t18-/m1/s1. The molecule has 4 rings (SSSR count). The van der Waals surface area contributed by atoms with Crippen LogP contribution in [0.3, 0.4) is 0 Å². The van der Waals surface area contributed by atoms with Crippen LogP contribution in [-0.2, 0) is 16.1 Å². The normalized spacial score (nSPS) is 15.3. The number of esters is 1. The third-order valence-electron chi connectivity index (χ3n) is 5.22. The molecule has 0 aliphatic carbocycles. The zero-order valence-electron chi connectivity index (χ0n) is 17.0. The number of pyridine rings is 2. The van der Waals surface area contributed by atoms with E-state index >= 15 is 0 Å². The van der Waals surface area contributed by atoms with E-state index < -0.39 is 11.9 Å². The molecule has 2 aromatic heterocycles. The Bertz CT molecular complexity index is 1250. The Kier molecular flexibility index (Phi) is 5.52. The number of methoxy groups -OCH3 is 1. The second-order valence-corrected chi connectivity index (χ2v) is 7.61. The molecule has 8 heteroatoms. The van der Waals surface area contributed by atoms with E-state index in [2.05, 4.69) is 4.98 Å². The van der Waals surface area contributed by atoms with Crippen molar-refractivity contribution in [3.8, 4) is 5.75 Å². The summed E-state index contributed by atoms with van der Waals surface area (Å²) in [6, 6.07) is 12.4. The van der Waals surface area contributed by atoms with Gasteiger partial charge in [0, 0.05) is 29.2 Å². The van der Waals surface area contributed by atoms with Crippen LogP contribution in [0.25, 0.3) is 0 Å². The lowest BCUT2D eigenvalue weighted by atomic mass is 9.83. The average molecular weight is 438 g/mol. The van der Waals surface area contributed by atoms with Gasteiger partial charge in [-0.05, 0) is 36.2 Å². The molecule has 31 heavy (non-hydrogen) atoms. The first kappa shape index (κ1) is 20.7. The lowest BCUT2D eigenvalue weighted by Gasteiger charge is -2.29. The van der Waals surface area contributed by atoms with E-state index in [9.17, 15) is 9.59 Å². The lowest BCUT2D eigenvalue weighted by Crippen LogP contribution is -2.35. The molecule has 1 aromatic carbocycles. The van der Waals surface area contributed by atoms with Crippen molar-refractivity contribution in [2.24, 2.45) is 5.73 Å². The summed E-state index contributed by atoms with van der Waals surface area (Å²) in [7, 11) is 1.25. The number of nitrogens with two attached hydrogens (primary N) is 1. The van der Waals surface area contributed by atoms with Gasteiger partial charge in [0.25, 0.3) is 5.56 Å². The summed E-state index contributed by atoms with van der Waals surface area (Å²) in [4.78, 5) is 30.4. The molecule has 0 amide bonds. The summed E-state index contributed by atoms with van der Waals surface area (Å²) in [5, 5.41) is 0.469. The summed E-state index contributed by atoms with van der Waals surface area (Å²) >= 11 is 6.21. The van der Waals surface area contributed by atoms with Gasteiger partial charge in [0.15, 0.2) is 0 Å². The Balaban J connectivity index is 1.96. The van der Waals surface area contributed by atoms with Crippen LogP contribution in [0.5, 0.6) is 5.75 Å². The Hall–Kier alpha value is -3.58. The Morgan fingerprint density at radius 2 is 2.10 bits per heavy atom. The van der Waals surface area contributed by atoms with Crippen LogP contribution in [0.15, 0.2) is 71.1 Å². The van der Waals surface area contributed by atoms with Gasteiger partial charge in [0.2, 0.25) is 5.88 Å². The van der Waals surface area contributed by atoms with Gasteiger partial charge < -0.3 is 19.8 Å². The molecule has 0 bridgehead atoms. The fraction of sp³-hybridized carbons (Fsp3) is 0.174. The Labute approximate surface area is 183 Å². The van der Waals surface area contributed by atoms with Crippen LogP contribution in [0.4, 0.5) is 0 Å². The Morgan fingerprint density at radius 1 is 1.29 bits per heavy atom. The molecule has 0 saturated carbocycles. The first-order valence-electron chi connectivity index (χ1n) is 9.55. The third-order valence-corrected chi connectivity index (χ3v) is 5.46. The van der Waals surface area contributed by atoms with Crippen LogP contribution in [0.2, 0.25) is 5.02 Å². The van der Waals surface area contributed by atoms with Crippen molar-refractivity contribution >= 4 is 17.6 Å². The number of ether oxygens (including phenoxy) is 2. The maximum absolute atomic E-state index is 13.7. The van der Waals surface area contributed by atoms with Crippen molar-refractivity contribution in [3.05, 3.63) is 104 Å². The number of hydrogen-bond acceptors (Lipinski definition) is 6. The van der Waals surface area contributed by atoms with Crippen LogP contribution in [-0.4, -0.2) is 22.6 Å². The number of aryl methyl sites for hydroxylation is 1. The summed E-state index contributed by atoms with van der Waals surface area (Å²) < 4.78 is 12.3. The number of rotatable bonds is 4. The fourth-order valence-electron chi connectivity index (χ4n) is 3.79. The summed E-state index contributed by atoms with van der Waals surface area (Å²) in [5.41, 5.74) is 8.36. The molecule has 158 valence electrons. The minimum atomic E-state index is -0.789. The van der Waals surface area contributed by atoms with Crippen molar-refractivity contribution in [2.45, 2.75) is 19.4 Å². The molecule has 0 radical (unpaired) electrons. The molecule has 1 aliphatic heterocycles. The molecule has 0 fully saturated rings. The van der Waals surface area contributed by atoms with Gasteiger partial charge in [0.05, 0.1) is 25.1 Å². The molecule has 1 aliphatic rings. The number of hydrogen-bond donors (Lipinski definition) is 1. The van der Waals surface area contributed by atoms with Gasteiger partial charge in [-0.25, -0.2) is 4.79 Å². The van der Waals surface area contributed by atoms with Crippen LogP contribution in [0, 0.1) is 6.92 Å². The van der Waals surface area contributed by atoms with E-state index in [0.717, 1.165) is 5.56 Å².